The Hall–Kier alpha value is -4.36. The van der Waals surface area contributed by atoms with Crippen LogP contribution in [0.4, 0.5) is 0 Å². The van der Waals surface area contributed by atoms with Crippen molar-refractivity contribution in [3.8, 4) is 28.7 Å². The number of ether oxygens (including phenoxy) is 2. The number of benzene rings is 2. The number of carbonyl (C=O) groups excluding carboxylic acids is 4. The second kappa shape index (κ2) is 17.9. The summed E-state index contributed by atoms with van der Waals surface area (Å²) in [7, 11) is -2.35. The number of fused-ring (bicyclic) bond motifs is 5. The van der Waals surface area contributed by atoms with Crippen molar-refractivity contribution in [3.63, 3.8) is 0 Å². The molecule has 2 amide bonds. The van der Waals surface area contributed by atoms with E-state index in [4.69, 9.17) is 26.2 Å². The van der Waals surface area contributed by atoms with Crippen molar-refractivity contribution in [1.29, 1.82) is 5.26 Å². The van der Waals surface area contributed by atoms with Gasteiger partial charge in [-0.3, -0.25) is 19.2 Å². The van der Waals surface area contributed by atoms with Crippen LogP contribution in [0.2, 0.25) is 0 Å². The molecule has 6 N–H and O–H groups in total. The van der Waals surface area contributed by atoms with Crippen LogP contribution in [0.25, 0.3) is 11.1 Å². The molecule has 1 aliphatic heterocycles. The molecule has 0 unspecified atom stereocenters. The third kappa shape index (κ3) is 10.6. The number of carbonyl (C=O) groups is 4. The van der Waals surface area contributed by atoms with E-state index in [1.165, 1.54) is 14.0 Å². The van der Waals surface area contributed by atoms with Gasteiger partial charge in [0, 0.05) is 62.7 Å². The zero-order valence-electron chi connectivity index (χ0n) is 28.0. The summed E-state index contributed by atoms with van der Waals surface area (Å²) in [6.45, 7) is 1.46. The summed E-state index contributed by atoms with van der Waals surface area (Å²) in [6.07, 6.45) is 0.551. The molecular weight excluding hydrogens is 654 g/mol. The number of likely N-dealkylation sites (N-methyl/N-ethyl adjacent to an activating group) is 1. The monoisotopic (exact) mass is 699 g/mol. The second-order valence-corrected chi connectivity index (χ2v) is 14.3. The largest absolute Gasteiger partial charge is 0.492 e. The summed E-state index contributed by atoms with van der Waals surface area (Å²) in [5, 5.41) is 21.8. The standard InChI is InChI=1S/C34H45N5O9S/c1-21-15-29(42)32(39(2)34(44)24(19-40)20-49(3,45)46)23-7-9-31(48-14-12-37)26(18-23)25-16-22(6-8-30(25)47-13-11-36)17-27(38-33(21)43)28(41)5-4-10-35/h6-9,16,18,21,24,27,32,40H,4-5,11-15,17,19-20,36-37H2,1-3H3,(H,38,43)/t21-,24-,27+,32+/m1/s1. The van der Waals surface area contributed by atoms with Crippen LogP contribution in [0.15, 0.2) is 36.4 Å². The first kappa shape index (κ1) is 39.1. The van der Waals surface area contributed by atoms with Gasteiger partial charge in [-0.1, -0.05) is 19.1 Å². The Morgan fingerprint density at radius 3 is 2.24 bits per heavy atom. The van der Waals surface area contributed by atoms with E-state index < -0.39 is 63.7 Å². The number of Topliss-reactive ketones (excluding diaryl/α,β-unsaturated/α-hetero) is 2. The van der Waals surface area contributed by atoms with Crippen molar-refractivity contribution in [2.75, 3.05) is 52.0 Å². The molecule has 3 rings (SSSR count). The van der Waals surface area contributed by atoms with Gasteiger partial charge in [-0.2, -0.15) is 5.26 Å². The summed E-state index contributed by atoms with van der Waals surface area (Å²) in [4.78, 5) is 55.6. The minimum absolute atomic E-state index is 0.0405. The fourth-order valence-corrected chi connectivity index (χ4v) is 6.67. The van der Waals surface area contributed by atoms with E-state index in [0.29, 0.717) is 33.8 Å². The van der Waals surface area contributed by atoms with Crippen molar-refractivity contribution >= 4 is 33.2 Å². The first-order valence-corrected chi connectivity index (χ1v) is 18.0. The Kier molecular flexibility index (Phi) is 14.3. The van der Waals surface area contributed by atoms with Gasteiger partial charge in [0.2, 0.25) is 11.8 Å². The number of hydrogen-bond acceptors (Lipinski definition) is 12. The van der Waals surface area contributed by atoms with Crippen LogP contribution in [0.1, 0.15) is 43.4 Å². The van der Waals surface area contributed by atoms with E-state index in [1.54, 1.807) is 36.4 Å². The third-order valence-electron chi connectivity index (χ3n) is 8.10. The lowest BCUT2D eigenvalue weighted by Crippen LogP contribution is -2.46. The molecule has 266 valence electrons. The van der Waals surface area contributed by atoms with Crippen LogP contribution in [0.3, 0.4) is 0 Å². The highest BCUT2D eigenvalue weighted by Crippen LogP contribution is 2.40. The first-order valence-electron chi connectivity index (χ1n) is 16.0. The number of aliphatic hydroxyl groups excluding tert-OH is 1. The number of nitrogens with two attached hydrogens (primary N) is 2. The Labute approximate surface area is 286 Å². The highest BCUT2D eigenvalue weighted by molar-refractivity contribution is 7.90. The molecule has 0 saturated heterocycles. The van der Waals surface area contributed by atoms with Gasteiger partial charge in [0.1, 0.15) is 40.6 Å². The molecule has 49 heavy (non-hydrogen) atoms. The number of aliphatic hydroxyl groups is 1. The van der Waals surface area contributed by atoms with Gasteiger partial charge < -0.3 is 36.3 Å². The topological polar surface area (TPSA) is 232 Å². The third-order valence-corrected chi connectivity index (χ3v) is 9.11. The first-order chi connectivity index (χ1) is 23.2. The maximum absolute atomic E-state index is 14.1. The maximum Gasteiger partial charge on any atom is 0.229 e. The molecule has 4 atom stereocenters. The summed E-state index contributed by atoms with van der Waals surface area (Å²) in [6, 6.07) is 9.71. The molecule has 0 radical (unpaired) electrons. The van der Waals surface area contributed by atoms with E-state index in [9.17, 15) is 32.7 Å². The van der Waals surface area contributed by atoms with Crippen molar-refractivity contribution in [2.24, 2.45) is 23.3 Å². The van der Waals surface area contributed by atoms with Gasteiger partial charge in [0.15, 0.2) is 11.6 Å². The molecule has 0 spiro atoms. The number of ketones is 2. The van der Waals surface area contributed by atoms with E-state index in [0.717, 1.165) is 11.2 Å². The SMILES string of the molecule is C[C@@H]1CC(=O)[C@@H](N(C)C(=O)[C@H](CO)CS(C)(=O)=O)c2ccc(OCCN)c(c2)-c2cc(ccc2OCCN)C[C@@H](C(=O)CCC#N)NC1=O. The highest BCUT2D eigenvalue weighted by atomic mass is 32.2. The fourth-order valence-electron chi connectivity index (χ4n) is 5.69. The predicted molar refractivity (Wildman–Crippen MR) is 181 cm³/mol. The molecule has 0 aromatic heterocycles. The van der Waals surface area contributed by atoms with E-state index in [1.807, 2.05) is 6.07 Å². The molecule has 1 aliphatic rings. The number of nitrogens with zero attached hydrogens (tertiary/aromatic N) is 2. The summed E-state index contributed by atoms with van der Waals surface area (Å²) < 4.78 is 36.1. The highest BCUT2D eigenvalue weighted by Gasteiger charge is 2.36. The van der Waals surface area contributed by atoms with Gasteiger partial charge in [0.25, 0.3) is 0 Å². The van der Waals surface area contributed by atoms with Gasteiger partial charge >= 0.3 is 0 Å². The van der Waals surface area contributed by atoms with E-state index in [2.05, 4.69) is 5.32 Å². The fraction of sp³-hybridized carbons (Fsp3) is 0.500. The predicted octanol–water partition coefficient (Wildman–Crippen LogP) is 0.690. The minimum atomic E-state index is -3.68. The number of amides is 2. The molecule has 2 aromatic rings. The van der Waals surface area contributed by atoms with Crippen molar-refractivity contribution in [1.82, 2.24) is 10.2 Å². The Balaban J connectivity index is 2.31. The average molecular weight is 700 g/mol. The van der Waals surface area contributed by atoms with Gasteiger partial charge in [0.05, 0.1) is 30.4 Å². The van der Waals surface area contributed by atoms with Gasteiger partial charge in [-0.15, -0.1) is 0 Å². The van der Waals surface area contributed by atoms with Crippen LogP contribution in [-0.4, -0.2) is 99.8 Å². The second-order valence-electron chi connectivity index (χ2n) is 12.1. The van der Waals surface area contributed by atoms with Gasteiger partial charge in [-0.05, 0) is 41.8 Å². The quantitative estimate of drug-likeness (QED) is 0.213. The summed E-state index contributed by atoms with van der Waals surface area (Å²) in [5.41, 5.74) is 13.4. The van der Waals surface area contributed by atoms with Gasteiger partial charge in [-0.25, -0.2) is 8.42 Å². The van der Waals surface area contributed by atoms with Crippen LogP contribution in [0.5, 0.6) is 11.5 Å². The zero-order valence-corrected chi connectivity index (χ0v) is 28.8. The zero-order chi connectivity index (χ0) is 36.3. The molecule has 14 nitrogen and oxygen atoms in total. The number of hydrogen-bond donors (Lipinski definition) is 4. The van der Waals surface area contributed by atoms with Crippen LogP contribution < -0.4 is 26.3 Å². The summed E-state index contributed by atoms with van der Waals surface area (Å²) in [5.74, 6) is -4.41. The molecule has 2 aromatic carbocycles. The lowest BCUT2D eigenvalue weighted by molar-refractivity contribution is -0.142. The van der Waals surface area contributed by atoms with Crippen molar-refractivity contribution < 1.29 is 42.2 Å². The molecule has 4 bridgehead atoms. The van der Waals surface area contributed by atoms with Crippen LogP contribution in [-0.2, 0) is 35.4 Å². The summed E-state index contributed by atoms with van der Waals surface area (Å²) >= 11 is 0. The Morgan fingerprint density at radius 2 is 1.67 bits per heavy atom. The van der Waals surface area contributed by atoms with E-state index >= 15 is 0 Å². The lowest BCUT2D eigenvalue weighted by Gasteiger charge is -2.31. The maximum atomic E-state index is 14.1. The van der Waals surface area contributed by atoms with Crippen molar-refractivity contribution in [2.45, 2.75) is 44.7 Å². The average Bonchev–Trinajstić information content (AvgIpc) is 3.06. The molecule has 1 heterocycles. The normalized spacial score (nSPS) is 18.8. The Bertz CT molecular complexity index is 1670. The number of rotatable bonds is 14. The number of nitrogens with one attached hydrogen (secondary N) is 1. The van der Waals surface area contributed by atoms with E-state index in [-0.39, 0.29) is 57.8 Å². The molecule has 0 saturated carbocycles. The smallest absolute Gasteiger partial charge is 0.229 e. The van der Waals surface area contributed by atoms with Crippen molar-refractivity contribution in [3.05, 3.63) is 47.5 Å². The minimum Gasteiger partial charge on any atom is -0.492 e. The molecule has 0 fully saturated rings. The lowest BCUT2D eigenvalue weighted by atomic mass is 9.89. The Morgan fingerprint density at radius 1 is 1.06 bits per heavy atom. The molecular formula is C34H45N5O9S. The number of nitriles is 1. The van der Waals surface area contributed by atoms with Crippen LogP contribution in [0, 0.1) is 23.2 Å². The molecule has 15 heteroatoms. The molecule has 0 aliphatic carbocycles. The van der Waals surface area contributed by atoms with Crippen LogP contribution >= 0.6 is 0 Å². The number of sulfone groups is 1.